The van der Waals surface area contributed by atoms with E-state index in [-0.39, 0.29) is 0 Å². The number of thioether (sulfide) groups is 1. The van der Waals surface area contributed by atoms with Gasteiger partial charge >= 0.3 is 0 Å². The Labute approximate surface area is 171 Å². The zero-order chi connectivity index (χ0) is 19.6. The second kappa shape index (κ2) is 7.52. The summed E-state index contributed by atoms with van der Waals surface area (Å²) in [7, 11) is 1.68. The Morgan fingerprint density at radius 2 is 1.90 bits per heavy atom. The molecule has 0 unspecified atom stereocenters. The molecule has 0 aliphatic heterocycles. The number of H-pyrrole nitrogens is 1. The lowest BCUT2D eigenvalue weighted by atomic mass is 10.0. The first kappa shape index (κ1) is 17.6. The SMILES string of the molecule is COc1ccc2nc(-c3ccccc3)c(CSc3ncnc4nc[nH]c34)cc2c1. The fourth-order valence-corrected chi connectivity index (χ4v) is 4.21. The maximum atomic E-state index is 5.38. The largest absolute Gasteiger partial charge is 0.497 e. The van der Waals surface area contributed by atoms with Gasteiger partial charge in [0.15, 0.2) is 5.65 Å². The highest BCUT2D eigenvalue weighted by Crippen LogP contribution is 2.33. The average Bonchev–Trinajstić information content (AvgIpc) is 3.27. The summed E-state index contributed by atoms with van der Waals surface area (Å²) in [6, 6.07) is 18.4. The summed E-state index contributed by atoms with van der Waals surface area (Å²) in [6.45, 7) is 0. The number of ether oxygens (including phenoxy) is 1. The summed E-state index contributed by atoms with van der Waals surface area (Å²) in [4.78, 5) is 20.9. The molecular formula is C22H17N5OS. The molecule has 0 radical (unpaired) electrons. The van der Waals surface area contributed by atoms with E-state index in [1.807, 2.05) is 36.4 Å². The first-order valence-corrected chi connectivity index (χ1v) is 10.1. The molecule has 0 bridgehead atoms. The first-order valence-electron chi connectivity index (χ1n) is 9.12. The van der Waals surface area contributed by atoms with Crippen molar-refractivity contribution in [3.8, 4) is 17.0 Å². The molecule has 5 aromatic rings. The van der Waals surface area contributed by atoms with Crippen LogP contribution >= 0.6 is 11.8 Å². The summed E-state index contributed by atoms with van der Waals surface area (Å²) < 4.78 is 5.38. The van der Waals surface area contributed by atoms with Crippen LogP contribution in [0.5, 0.6) is 5.75 Å². The van der Waals surface area contributed by atoms with E-state index in [0.29, 0.717) is 5.65 Å². The van der Waals surface area contributed by atoms with Gasteiger partial charge in [-0.3, -0.25) is 0 Å². The number of pyridine rings is 1. The number of aromatic nitrogens is 5. The van der Waals surface area contributed by atoms with Gasteiger partial charge in [0.05, 0.1) is 24.6 Å². The van der Waals surface area contributed by atoms with Crippen LogP contribution in [-0.4, -0.2) is 32.0 Å². The van der Waals surface area contributed by atoms with E-state index < -0.39 is 0 Å². The molecule has 0 spiro atoms. The highest BCUT2D eigenvalue weighted by Gasteiger charge is 2.13. The normalized spacial score (nSPS) is 11.2. The van der Waals surface area contributed by atoms with Crippen molar-refractivity contribution >= 4 is 33.8 Å². The van der Waals surface area contributed by atoms with Crippen LogP contribution in [0.15, 0.2) is 72.3 Å². The van der Waals surface area contributed by atoms with E-state index in [9.17, 15) is 0 Å². The molecule has 1 N–H and O–H groups in total. The number of nitrogens with one attached hydrogen (secondary N) is 1. The molecule has 3 heterocycles. The Morgan fingerprint density at radius 1 is 1.00 bits per heavy atom. The van der Waals surface area contributed by atoms with Gasteiger partial charge in [0, 0.05) is 16.7 Å². The van der Waals surface area contributed by atoms with Crippen LogP contribution in [0.2, 0.25) is 0 Å². The lowest BCUT2D eigenvalue weighted by molar-refractivity contribution is 0.415. The summed E-state index contributed by atoms with van der Waals surface area (Å²) >= 11 is 1.64. The van der Waals surface area contributed by atoms with Crippen LogP contribution in [0, 0.1) is 0 Å². The summed E-state index contributed by atoms with van der Waals surface area (Å²) in [5, 5.41) is 1.92. The number of benzene rings is 2. The van der Waals surface area contributed by atoms with Crippen LogP contribution < -0.4 is 4.74 Å². The third kappa shape index (κ3) is 3.40. The molecular weight excluding hydrogens is 382 g/mol. The van der Waals surface area contributed by atoms with Crippen molar-refractivity contribution in [1.82, 2.24) is 24.9 Å². The van der Waals surface area contributed by atoms with Gasteiger partial charge < -0.3 is 9.72 Å². The zero-order valence-electron chi connectivity index (χ0n) is 15.7. The van der Waals surface area contributed by atoms with Gasteiger partial charge in [-0.15, -0.1) is 0 Å². The van der Waals surface area contributed by atoms with Crippen molar-refractivity contribution in [2.45, 2.75) is 10.8 Å². The number of hydrogen-bond acceptors (Lipinski definition) is 6. The maximum Gasteiger partial charge on any atom is 0.181 e. The molecule has 0 amide bonds. The second-order valence-corrected chi connectivity index (χ2v) is 7.45. The molecule has 0 fully saturated rings. The molecule has 0 saturated heterocycles. The number of aromatic amines is 1. The van der Waals surface area contributed by atoms with Gasteiger partial charge in [-0.1, -0.05) is 42.1 Å². The first-order chi connectivity index (χ1) is 14.3. The van der Waals surface area contributed by atoms with Crippen molar-refractivity contribution in [3.05, 3.63) is 72.8 Å². The van der Waals surface area contributed by atoms with Crippen molar-refractivity contribution in [2.24, 2.45) is 0 Å². The number of rotatable bonds is 5. The van der Waals surface area contributed by atoms with Gasteiger partial charge in [0.25, 0.3) is 0 Å². The molecule has 6 nitrogen and oxygen atoms in total. The van der Waals surface area contributed by atoms with Gasteiger partial charge in [-0.2, -0.15) is 0 Å². The Kier molecular flexibility index (Phi) is 4.57. The Morgan fingerprint density at radius 3 is 2.76 bits per heavy atom. The van der Waals surface area contributed by atoms with E-state index in [4.69, 9.17) is 9.72 Å². The van der Waals surface area contributed by atoms with Crippen LogP contribution in [0.25, 0.3) is 33.3 Å². The minimum atomic E-state index is 0.673. The lowest BCUT2D eigenvalue weighted by Crippen LogP contribution is -1.95. The van der Waals surface area contributed by atoms with E-state index in [2.05, 4.69) is 38.1 Å². The second-order valence-electron chi connectivity index (χ2n) is 6.49. The molecule has 5 rings (SSSR count). The zero-order valence-corrected chi connectivity index (χ0v) is 16.5. The fraction of sp³-hybridized carbons (Fsp3) is 0.0909. The monoisotopic (exact) mass is 399 g/mol. The predicted molar refractivity (Wildman–Crippen MR) is 115 cm³/mol. The highest BCUT2D eigenvalue weighted by molar-refractivity contribution is 7.98. The molecule has 0 atom stereocenters. The minimum absolute atomic E-state index is 0.673. The van der Waals surface area contributed by atoms with Crippen LogP contribution in [0.3, 0.4) is 0 Å². The third-order valence-corrected chi connectivity index (χ3v) is 5.74. The van der Waals surface area contributed by atoms with Gasteiger partial charge in [0.2, 0.25) is 0 Å². The summed E-state index contributed by atoms with van der Waals surface area (Å²) in [5.41, 5.74) is 5.67. The van der Waals surface area contributed by atoms with Gasteiger partial charge in [-0.05, 0) is 29.8 Å². The molecule has 3 aromatic heterocycles. The smallest absolute Gasteiger partial charge is 0.181 e. The van der Waals surface area contributed by atoms with Crippen molar-refractivity contribution < 1.29 is 4.74 Å². The van der Waals surface area contributed by atoms with E-state index in [0.717, 1.165) is 49.8 Å². The van der Waals surface area contributed by atoms with Gasteiger partial charge in [-0.25, -0.2) is 19.9 Å². The number of methoxy groups -OCH3 is 1. The highest BCUT2D eigenvalue weighted by atomic mass is 32.2. The number of nitrogens with zero attached hydrogens (tertiary/aromatic N) is 4. The maximum absolute atomic E-state index is 5.38. The minimum Gasteiger partial charge on any atom is -0.497 e. The number of hydrogen-bond donors (Lipinski definition) is 1. The average molecular weight is 399 g/mol. The van der Waals surface area contributed by atoms with E-state index >= 15 is 0 Å². The van der Waals surface area contributed by atoms with E-state index in [1.165, 1.54) is 0 Å². The van der Waals surface area contributed by atoms with Crippen LogP contribution in [0.4, 0.5) is 0 Å². The molecule has 29 heavy (non-hydrogen) atoms. The lowest BCUT2D eigenvalue weighted by Gasteiger charge is -2.12. The number of imidazole rings is 1. The van der Waals surface area contributed by atoms with Crippen molar-refractivity contribution in [2.75, 3.05) is 7.11 Å². The topological polar surface area (TPSA) is 76.6 Å². The molecule has 0 saturated carbocycles. The van der Waals surface area contributed by atoms with Crippen molar-refractivity contribution in [3.63, 3.8) is 0 Å². The predicted octanol–water partition coefficient (Wildman–Crippen LogP) is 4.87. The van der Waals surface area contributed by atoms with E-state index in [1.54, 1.807) is 31.5 Å². The fourth-order valence-electron chi connectivity index (χ4n) is 3.28. The summed E-state index contributed by atoms with van der Waals surface area (Å²) in [6.07, 6.45) is 3.19. The molecule has 0 aliphatic carbocycles. The Balaban J connectivity index is 1.59. The Bertz CT molecular complexity index is 1300. The molecule has 7 heteroatoms. The summed E-state index contributed by atoms with van der Waals surface area (Å²) in [5.74, 6) is 1.54. The third-order valence-electron chi connectivity index (χ3n) is 4.70. The molecule has 0 aliphatic rings. The van der Waals surface area contributed by atoms with Gasteiger partial charge in [0.1, 0.15) is 22.6 Å². The molecule has 142 valence electrons. The Hall–Kier alpha value is -3.45. The standard InChI is InChI=1S/C22H17N5OS/c1-28-17-7-8-18-15(10-17)9-16(19(27-18)14-5-3-2-4-6-14)11-29-22-20-21(24-12-23-20)25-13-26-22/h2-10,12-13H,11H2,1H3,(H,23,24,25,26). The molecule has 2 aromatic carbocycles. The number of fused-ring (bicyclic) bond motifs is 2. The van der Waals surface area contributed by atoms with Crippen molar-refractivity contribution in [1.29, 1.82) is 0 Å². The van der Waals surface area contributed by atoms with Crippen LogP contribution in [0.1, 0.15) is 5.56 Å². The van der Waals surface area contributed by atoms with Crippen LogP contribution in [-0.2, 0) is 5.75 Å². The quantitative estimate of drug-likeness (QED) is 0.336.